The standard InChI is InChI=1S/C14H32NO2P/c1-9-11-15(12-10-2)18(16-13(3,4)5)17-14(6,7)8/h9-12H2,1-8H3. The summed E-state index contributed by atoms with van der Waals surface area (Å²) < 4.78 is 14.7. The fraction of sp³-hybridized carbons (Fsp3) is 1.00. The van der Waals surface area contributed by atoms with E-state index in [1.807, 2.05) is 0 Å². The van der Waals surface area contributed by atoms with Crippen LogP contribution in [0.1, 0.15) is 68.2 Å². The Hall–Kier alpha value is 0.310. The van der Waals surface area contributed by atoms with Crippen molar-refractivity contribution in [1.29, 1.82) is 0 Å². The Kier molecular flexibility index (Phi) is 7.93. The summed E-state index contributed by atoms with van der Waals surface area (Å²) in [7, 11) is -0.979. The molecule has 18 heavy (non-hydrogen) atoms. The van der Waals surface area contributed by atoms with E-state index >= 15 is 0 Å². The molecule has 0 aromatic carbocycles. The molecule has 3 nitrogen and oxygen atoms in total. The van der Waals surface area contributed by atoms with Gasteiger partial charge in [-0.1, -0.05) is 13.8 Å². The Morgan fingerprint density at radius 1 is 0.778 bits per heavy atom. The van der Waals surface area contributed by atoms with Crippen molar-refractivity contribution < 1.29 is 9.05 Å². The summed E-state index contributed by atoms with van der Waals surface area (Å²) in [5.41, 5.74) is -0.340. The molecule has 0 fully saturated rings. The largest absolute Gasteiger partial charge is 0.316 e. The molecule has 0 aromatic heterocycles. The molecule has 0 aliphatic carbocycles. The molecule has 0 heterocycles. The molecular weight excluding hydrogens is 245 g/mol. The van der Waals surface area contributed by atoms with Crippen LogP contribution in [0.3, 0.4) is 0 Å². The predicted octanol–water partition coefficient (Wildman–Crippen LogP) is 4.97. The maximum absolute atomic E-state index is 6.15. The fourth-order valence-electron chi connectivity index (χ4n) is 1.39. The van der Waals surface area contributed by atoms with Crippen LogP contribution in [0, 0.1) is 0 Å². The van der Waals surface area contributed by atoms with Crippen molar-refractivity contribution in [1.82, 2.24) is 4.67 Å². The molecule has 110 valence electrons. The van der Waals surface area contributed by atoms with Crippen molar-refractivity contribution in [3.05, 3.63) is 0 Å². The van der Waals surface area contributed by atoms with Crippen LogP contribution in [0.5, 0.6) is 0 Å². The van der Waals surface area contributed by atoms with Crippen LogP contribution in [0.15, 0.2) is 0 Å². The quantitative estimate of drug-likeness (QED) is 0.613. The van der Waals surface area contributed by atoms with Gasteiger partial charge in [-0.25, -0.2) is 4.67 Å². The van der Waals surface area contributed by atoms with Crippen molar-refractivity contribution in [3.8, 4) is 0 Å². The van der Waals surface area contributed by atoms with E-state index in [1.165, 1.54) is 0 Å². The third-order valence-electron chi connectivity index (χ3n) is 1.90. The first-order valence-electron chi connectivity index (χ1n) is 7.02. The summed E-state index contributed by atoms with van der Waals surface area (Å²) in [5, 5.41) is 0. The van der Waals surface area contributed by atoms with E-state index < -0.39 is 8.53 Å². The minimum Gasteiger partial charge on any atom is -0.316 e. The lowest BCUT2D eigenvalue weighted by Crippen LogP contribution is -2.30. The minimum absolute atomic E-state index is 0.170. The Balaban J connectivity index is 4.79. The van der Waals surface area contributed by atoms with Crippen molar-refractivity contribution in [2.24, 2.45) is 0 Å². The second-order valence-corrected chi connectivity index (χ2v) is 8.01. The van der Waals surface area contributed by atoms with Crippen molar-refractivity contribution in [2.75, 3.05) is 13.1 Å². The van der Waals surface area contributed by atoms with Crippen LogP contribution in [-0.4, -0.2) is 29.0 Å². The normalized spacial score (nSPS) is 13.7. The van der Waals surface area contributed by atoms with E-state index in [1.54, 1.807) is 0 Å². The number of rotatable bonds is 7. The van der Waals surface area contributed by atoms with E-state index in [0.29, 0.717) is 0 Å². The van der Waals surface area contributed by atoms with Gasteiger partial charge in [0.1, 0.15) is 0 Å². The maximum Gasteiger partial charge on any atom is 0.259 e. The van der Waals surface area contributed by atoms with E-state index in [2.05, 4.69) is 60.1 Å². The molecule has 0 atom stereocenters. The molecule has 4 heteroatoms. The van der Waals surface area contributed by atoms with Gasteiger partial charge >= 0.3 is 0 Å². The second-order valence-electron chi connectivity index (χ2n) is 6.60. The summed E-state index contributed by atoms with van der Waals surface area (Å²) in [5.74, 6) is 0. The average molecular weight is 277 g/mol. The molecule has 0 unspecified atom stereocenters. The number of nitrogens with zero attached hydrogens (tertiary/aromatic N) is 1. The van der Waals surface area contributed by atoms with E-state index in [0.717, 1.165) is 25.9 Å². The van der Waals surface area contributed by atoms with Gasteiger partial charge in [0, 0.05) is 13.1 Å². The van der Waals surface area contributed by atoms with Gasteiger partial charge in [0.05, 0.1) is 11.2 Å². The topological polar surface area (TPSA) is 21.7 Å². The molecule has 0 spiro atoms. The van der Waals surface area contributed by atoms with Gasteiger partial charge in [-0.15, -0.1) is 0 Å². The summed E-state index contributed by atoms with van der Waals surface area (Å²) in [6, 6.07) is 0. The first-order chi connectivity index (χ1) is 8.09. The van der Waals surface area contributed by atoms with Gasteiger partial charge in [0.25, 0.3) is 8.53 Å². The molecule has 0 saturated carbocycles. The average Bonchev–Trinajstić information content (AvgIpc) is 2.12. The highest BCUT2D eigenvalue weighted by Crippen LogP contribution is 2.49. The van der Waals surface area contributed by atoms with E-state index in [4.69, 9.17) is 9.05 Å². The lowest BCUT2D eigenvalue weighted by molar-refractivity contribution is 0.0524. The molecule has 0 radical (unpaired) electrons. The second kappa shape index (κ2) is 7.79. The lowest BCUT2D eigenvalue weighted by atomic mass is 10.2. The highest BCUT2D eigenvalue weighted by molar-refractivity contribution is 7.44. The summed E-state index contributed by atoms with van der Waals surface area (Å²) >= 11 is 0. The first kappa shape index (κ1) is 18.3. The zero-order valence-electron chi connectivity index (χ0n) is 13.5. The predicted molar refractivity (Wildman–Crippen MR) is 80.8 cm³/mol. The molecule has 0 saturated heterocycles. The Morgan fingerprint density at radius 2 is 1.11 bits per heavy atom. The lowest BCUT2D eigenvalue weighted by Gasteiger charge is -2.37. The smallest absolute Gasteiger partial charge is 0.259 e. The molecule has 0 N–H and O–H groups in total. The third-order valence-corrected chi connectivity index (χ3v) is 4.17. The van der Waals surface area contributed by atoms with Crippen LogP contribution in [0.2, 0.25) is 0 Å². The Morgan fingerprint density at radius 3 is 1.33 bits per heavy atom. The van der Waals surface area contributed by atoms with Gasteiger partial charge in [-0.2, -0.15) is 0 Å². The van der Waals surface area contributed by atoms with Crippen LogP contribution in [0.4, 0.5) is 0 Å². The molecule has 0 aliphatic rings. The molecule has 0 bridgehead atoms. The highest BCUT2D eigenvalue weighted by Gasteiger charge is 2.30. The van der Waals surface area contributed by atoms with Gasteiger partial charge in [0.15, 0.2) is 0 Å². The highest BCUT2D eigenvalue weighted by atomic mass is 31.2. The van der Waals surface area contributed by atoms with Gasteiger partial charge < -0.3 is 9.05 Å². The Bertz CT molecular complexity index is 199. The van der Waals surface area contributed by atoms with Gasteiger partial charge in [0.2, 0.25) is 0 Å². The maximum atomic E-state index is 6.15. The summed E-state index contributed by atoms with van der Waals surface area (Å²) in [4.78, 5) is 0. The van der Waals surface area contributed by atoms with E-state index in [-0.39, 0.29) is 11.2 Å². The fourth-order valence-corrected chi connectivity index (χ4v) is 3.33. The SMILES string of the molecule is CCCN(CCC)P(OC(C)(C)C)OC(C)(C)C. The molecule has 0 amide bonds. The molecule has 0 aromatic rings. The van der Waals surface area contributed by atoms with Crippen LogP contribution in [0.25, 0.3) is 0 Å². The van der Waals surface area contributed by atoms with Gasteiger partial charge in [-0.05, 0) is 54.4 Å². The zero-order valence-corrected chi connectivity index (χ0v) is 14.4. The van der Waals surface area contributed by atoms with Crippen molar-refractivity contribution in [2.45, 2.75) is 79.4 Å². The van der Waals surface area contributed by atoms with Crippen molar-refractivity contribution >= 4 is 8.53 Å². The molecular formula is C14H32NO2P. The summed E-state index contributed by atoms with van der Waals surface area (Å²) in [6.45, 7) is 19.0. The Labute approximate surface area is 115 Å². The number of hydrogen-bond donors (Lipinski definition) is 0. The first-order valence-corrected chi connectivity index (χ1v) is 8.15. The molecule has 0 rings (SSSR count). The zero-order chi connectivity index (χ0) is 14.4. The molecule has 0 aliphatic heterocycles. The van der Waals surface area contributed by atoms with Crippen molar-refractivity contribution in [3.63, 3.8) is 0 Å². The third kappa shape index (κ3) is 9.27. The summed E-state index contributed by atoms with van der Waals surface area (Å²) in [6.07, 6.45) is 2.25. The monoisotopic (exact) mass is 277 g/mol. The minimum atomic E-state index is -0.979. The van der Waals surface area contributed by atoms with Crippen LogP contribution >= 0.6 is 8.53 Å². The number of hydrogen-bond acceptors (Lipinski definition) is 3. The van der Waals surface area contributed by atoms with E-state index in [9.17, 15) is 0 Å². The van der Waals surface area contributed by atoms with Gasteiger partial charge in [-0.3, -0.25) is 0 Å². The van der Waals surface area contributed by atoms with Crippen LogP contribution < -0.4 is 0 Å². The van der Waals surface area contributed by atoms with Crippen LogP contribution in [-0.2, 0) is 9.05 Å².